The van der Waals surface area contributed by atoms with E-state index in [1.807, 2.05) is 6.92 Å². The average molecular weight is 300 g/mol. The van der Waals surface area contributed by atoms with Gasteiger partial charge < -0.3 is 11.1 Å². The second-order valence-corrected chi connectivity index (χ2v) is 7.39. The maximum absolute atomic E-state index is 12.2. The molecular formula is C12H20N4O3S. The minimum absolute atomic E-state index is 0.120. The van der Waals surface area contributed by atoms with Crippen LogP contribution in [0.2, 0.25) is 0 Å². The van der Waals surface area contributed by atoms with Gasteiger partial charge in [0.2, 0.25) is 0 Å². The third-order valence-corrected chi connectivity index (χ3v) is 5.32. The van der Waals surface area contributed by atoms with Crippen LogP contribution in [0.1, 0.15) is 35.9 Å². The Bertz CT molecular complexity index is 607. The van der Waals surface area contributed by atoms with Crippen LogP contribution in [0.4, 0.5) is 5.69 Å². The van der Waals surface area contributed by atoms with Crippen LogP contribution >= 0.6 is 0 Å². The van der Waals surface area contributed by atoms with E-state index >= 15 is 0 Å². The molecule has 2 heterocycles. The summed E-state index contributed by atoms with van der Waals surface area (Å²) in [5.41, 5.74) is 7.36. The minimum atomic E-state index is -2.93. The van der Waals surface area contributed by atoms with Crippen molar-refractivity contribution in [2.75, 3.05) is 17.2 Å². The number of nitrogens with one attached hydrogen (secondary N) is 1. The summed E-state index contributed by atoms with van der Waals surface area (Å²) in [6.45, 7) is 1.92. The lowest BCUT2D eigenvalue weighted by Crippen LogP contribution is -2.41. The first kappa shape index (κ1) is 14.8. The van der Waals surface area contributed by atoms with Gasteiger partial charge in [-0.1, -0.05) is 6.92 Å². The summed E-state index contributed by atoms with van der Waals surface area (Å²) in [5.74, 6) is -0.0422. The lowest BCUT2D eigenvalue weighted by atomic mass is 10.1. The summed E-state index contributed by atoms with van der Waals surface area (Å²) < 4.78 is 24.2. The van der Waals surface area contributed by atoms with Gasteiger partial charge in [0, 0.05) is 13.1 Å². The molecule has 1 aromatic heterocycles. The first-order chi connectivity index (χ1) is 9.34. The van der Waals surface area contributed by atoms with Gasteiger partial charge in [-0.3, -0.25) is 9.48 Å². The van der Waals surface area contributed by atoms with Crippen molar-refractivity contribution in [2.45, 2.75) is 32.2 Å². The van der Waals surface area contributed by atoms with Crippen molar-refractivity contribution in [1.29, 1.82) is 0 Å². The molecule has 0 radical (unpaired) electrons. The van der Waals surface area contributed by atoms with Crippen LogP contribution < -0.4 is 11.1 Å². The Kier molecular flexibility index (Phi) is 4.03. The van der Waals surface area contributed by atoms with Crippen LogP contribution in [-0.4, -0.2) is 41.7 Å². The van der Waals surface area contributed by atoms with Gasteiger partial charge >= 0.3 is 0 Å². The molecule has 7 nitrogen and oxygen atoms in total. The van der Waals surface area contributed by atoms with Crippen molar-refractivity contribution in [3.05, 3.63) is 11.4 Å². The largest absolute Gasteiger partial charge is 0.395 e. The number of anilines is 1. The molecule has 0 spiro atoms. The molecule has 1 saturated heterocycles. The smallest absolute Gasteiger partial charge is 0.271 e. The average Bonchev–Trinajstić information content (AvgIpc) is 2.67. The maximum Gasteiger partial charge on any atom is 0.271 e. The highest BCUT2D eigenvalue weighted by Crippen LogP contribution is 2.18. The van der Waals surface area contributed by atoms with E-state index < -0.39 is 9.84 Å². The summed E-state index contributed by atoms with van der Waals surface area (Å²) >= 11 is 0. The van der Waals surface area contributed by atoms with Gasteiger partial charge in [-0.2, -0.15) is 5.10 Å². The summed E-state index contributed by atoms with van der Waals surface area (Å²) in [6, 6.07) is -0.120. The van der Waals surface area contributed by atoms with Gasteiger partial charge in [0.1, 0.15) is 15.5 Å². The standard InChI is InChI=1S/C12H20N4O3S/c1-3-9-10(13)11(16(2)15-9)12(17)14-8-4-6-20(18,19)7-5-8/h8H,3-7,13H2,1-2H3,(H,14,17). The molecule has 0 unspecified atom stereocenters. The topological polar surface area (TPSA) is 107 Å². The molecule has 20 heavy (non-hydrogen) atoms. The zero-order chi connectivity index (χ0) is 14.9. The zero-order valence-electron chi connectivity index (χ0n) is 11.7. The predicted octanol–water partition coefficient (Wildman–Crippen LogP) is -0.128. The number of nitrogens with two attached hydrogens (primary N) is 1. The van der Waals surface area contributed by atoms with Gasteiger partial charge in [0.05, 0.1) is 22.9 Å². The summed E-state index contributed by atoms with van der Waals surface area (Å²) in [6.07, 6.45) is 1.56. The van der Waals surface area contributed by atoms with Gasteiger partial charge in [-0.15, -0.1) is 0 Å². The fourth-order valence-corrected chi connectivity index (χ4v) is 3.91. The number of amides is 1. The summed E-state index contributed by atoms with van der Waals surface area (Å²) in [7, 11) is -1.25. The van der Waals surface area contributed by atoms with Crippen molar-refractivity contribution in [3.63, 3.8) is 0 Å². The minimum Gasteiger partial charge on any atom is -0.395 e. The molecule has 1 aliphatic rings. The third kappa shape index (κ3) is 2.95. The Balaban J connectivity index is 2.08. The molecule has 2 rings (SSSR count). The van der Waals surface area contributed by atoms with Gasteiger partial charge in [-0.05, 0) is 19.3 Å². The molecule has 8 heteroatoms. The van der Waals surface area contributed by atoms with Crippen LogP contribution in [0.5, 0.6) is 0 Å². The van der Waals surface area contributed by atoms with E-state index in [0.717, 1.165) is 0 Å². The molecule has 112 valence electrons. The van der Waals surface area contributed by atoms with Gasteiger partial charge in [-0.25, -0.2) is 8.42 Å². The first-order valence-corrected chi connectivity index (χ1v) is 8.49. The van der Waals surface area contributed by atoms with Crippen LogP contribution in [-0.2, 0) is 23.3 Å². The highest BCUT2D eigenvalue weighted by Gasteiger charge is 2.27. The van der Waals surface area contributed by atoms with E-state index in [1.165, 1.54) is 4.68 Å². The predicted molar refractivity (Wildman–Crippen MR) is 76.1 cm³/mol. The molecule has 0 bridgehead atoms. The van der Waals surface area contributed by atoms with Crippen LogP contribution in [0.25, 0.3) is 0 Å². The van der Waals surface area contributed by atoms with Crippen molar-refractivity contribution >= 4 is 21.4 Å². The number of aromatic nitrogens is 2. The quantitative estimate of drug-likeness (QED) is 0.808. The van der Waals surface area contributed by atoms with Gasteiger partial charge in [0.15, 0.2) is 0 Å². The fourth-order valence-electron chi connectivity index (χ4n) is 2.41. The molecule has 3 N–H and O–H groups in total. The number of nitrogens with zero attached hydrogens (tertiary/aromatic N) is 2. The number of carbonyl (C=O) groups excluding carboxylic acids is 1. The second-order valence-electron chi connectivity index (χ2n) is 5.09. The van der Waals surface area contributed by atoms with Crippen molar-refractivity contribution in [2.24, 2.45) is 7.05 Å². The number of sulfone groups is 1. The molecule has 0 saturated carbocycles. The second kappa shape index (κ2) is 5.43. The number of rotatable bonds is 3. The van der Waals surface area contributed by atoms with E-state index in [4.69, 9.17) is 5.73 Å². The highest BCUT2D eigenvalue weighted by molar-refractivity contribution is 7.91. The van der Waals surface area contributed by atoms with Crippen LogP contribution in [0.3, 0.4) is 0 Å². The van der Waals surface area contributed by atoms with Crippen molar-refractivity contribution in [3.8, 4) is 0 Å². The SMILES string of the molecule is CCc1nn(C)c(C(=O)NC2CCS(=O)(=O)CC2)c1N. The summed E-state index contributed by atoms with van der Waals surface area (Å²) in [5, 5.41) is 7.05. The number of hydrogen-bond acceptors (Lipinski definition) is 5. The van der Waals surface area contributed by atoms with Crippen molar-refractivity contribution in [1.82, 2.24) is 15.1 Å². The summed E-state index contributed by atoms with van der Waals surface area (Å²) in [4.78, 5) is 12.2. The maximum atomic E-state index is 12.2. The Morgan fingerprint density at radius 1 is 1.45 bits per heavy atom. The fraction of sp³-hybridized carbons (Fsp3) is 0.667. The molecule has 0 aromatic carbocycles. The molecular weight excluding hydrogens is 280 g/mol. The van der Waals surface area contributed by atoms with Crippen molar-refractivity contribution < 1.29 is 13.2 Å². The van der Waals surface area contributed by atoms with Crippen LogP contribution in [0, 0.1) is 0 Å². The van der Waals surface area contributed by atoms with Crippen LogP contribution in [0.15, 0.2) is 0 Å². The van der Waals surface area contributed by atoms with E-state index in [1.54, 1.807) is 7.05 Å². The Morgan fingerprint density at radius 3 is 2.55 bits per heavy atom. The van der Waals surface area contributed by atoms with E-state index in [2.05, 4.69) is 10.4 Å². The monoisotopic (exact) mass is 300 g/mol. The number of aryl methyl sites for hydroxylation is 2. The molecule has 0 atom stereocenters. The highest BCUT2D eigenvalue weighted by atomic mass is 32.2. The first-order valence-electron chi connectivity index (χ1n) is 6.66. The van der Waals surface area contributed by atoms with Gasteiger partial charge in [0.25, 0.3) is 5.91 Å². The molecule has 1 aromatic rings. The Hall–Kier alpha value is -1.57. The Labute approximate surface area is 118 Å². The molecule has 1 aliphatic heterocycles. The lowest BCUT2D eigenvalue weighted by Gasteiger charge is -2.23. The van der Waals surface area contributed by atoms with E-state index in [-0.39, 0.29) is 23.5 Å². The number of hydrogen-bond donors (Lipinski definition) is 2. The Morgan fingerprint density at radius 2 is 2.05 bits per heavy atom. The zero-order valence-corrected chi connectivity index (χ0v) is 12.5. The normalized spacial score (nSPS) is 18.9. The number of nitrogen functional groups attached to an aromatic ring is 1. The van der Waals surface area contributed by atoms with E-state index in [0.29, 0.717) is 36.3 Å². The number of carbonyl (C=O) groups is 1. The molecule has 0 aliphatic carbocycles. The molecule has 1 amide bonds. The third-order valence-electron chi connectivity index (χ3n) is 3.60. The molecule has 1 fully saturated rings. The van der Waals surface area contributed by atoms with E-state index in [9.17, 15) is 13.2 Å². The lowest BCUT2D eigenvalue weighted by molar-refractivity contribution is 0.0925.